The van der Waals surface area contributed by atoms with E-state index < -0.39 is 12.1 Å². The van der Waals surface area contributed by atoms with Crippen LogP contribution in [0.4, 0.5) is 4.79 Å². The topological polar surface area (TPSA) is 55.8 Å². The van der Waals surface area contributed by atoms with E-state index in [-0.39, 0.29) is 12.4 Å². The van der Waals surface area contributed by atoms with E-state index in [1.54, 1.807) is 12.0 Å². The lowest BCUT2D eigenvalue weighted by molar-refractivity contribution is 0.0865. The van der Waals surface area contributed by atoms with Crippen molar-refractivity contribution in [3.8, 4) is 5.75 Å². The number of carbonyl (C=O) groups excluding carboxylic acids is 2. The third kappa shape index (κ3) is 2.11. The van der Waals surface area contributed by atoms with E-state index in [0.717, 1.165) is 44.0 Å². The minimum Gasteiger partial charge on any atom is -0.496 e. The Bertz CT molecular complexity index is 1160. The smallest absolute Gasteiger partial charge is 0.410 e. The summed E-state index contributed by atoms with van der Waals surface area (Å²) in [5, 5.41) is 4.03. The number of rotatable bonds is 1. The number of nitrogens with zero attached hydrogens (tertiary/aromatic N) is 1. The number of carbonyl (C=O) groups is 2. The normalized spacial score (nSPS) is 18.6. The summed E-state index contributed by atoms with van der Waals surface area (Å²) in [5.74, 6) is 0.700. The van der Waals surface area contributed by atoms with E-state index >= 15 is 0 Å². The molecule has 0 saturated carbocycles. The highest BCUT2D eigenvalue weighted by Crippen LogP contribution is 2.41. The lowest BCUT2D eigenvalue weighted by atomic mass is 9.84. The van der Waals surface area contributed by atoms with Crippen LogP contribution in [-0.4, -0.2) is 36.5 Å². The molecule has 0 aromatic heterocycles. The van der Waals surface area contributed by atoms with Gasteiger partial charge in [0.25, 0.3) is 0 Å². The highest BCUT2D eigenvalue weighted by Gasteiger charge is 2.44. The Hall–Kier alpha value is -3.08. The molecule has 5 nitrogen and oxygen atoms in total. The second kappa shape index (κ2) is 5.46. The number of benzene rings is 3. The van der Waals surface area contributed by atoms with Gasteiger partial charge in [0.1, 0.15) is 18.4 Å². The second-order valence-corrected chi connectivity index (χ2v) is 7.35. The van der Waals surface area contributed by atoms with Crippen LogP contribution in [0.15, 0.2) is 30.3 Å². The molecule has 5 rings (SSSR count). The zero-order chi connectivity index (χ0) is 18.9. The Morgan fingerprint density at radius 1 is 1.04 bits per heavy atom. The Morgan fingerprint density at radius 3 is 2.59 bits per heavy atom. The van der Waals surface area contributed by atoms with Gasteiger partial charge in [-0.3, -0.25) is 9.69 Å². The van der Waals surface area contributed by atoms with Gasteiger partial charge < -0.3 is 9.47 Å². The molecule has 2 aliphatic heterocycles. The molecule has 1 atom stereocenters. The first-order chi connectivity index (χ1) is 13.0. The van der Waals surface area contributed by atoms with Crippen molar-refractivity contribution in [2.45, 2.75) is 26.4 Å². The fourth-order valence-corrected chi connectivity index (χ4v) is 4.40. The number of ketones is 1. The van der Waals surface area contributed by atoms with Crippen LogP contribution >= 0.6 is 0 Å². The molecule has 3 aromatic carbocycles. The van der Waals surface area contributed by atoms with Crippen molar-refractivity contribution in [2.75, 3.05) is 13.7 Å². The Kier molecular flexibility index (Phi) is 3.26. The van der Waals surface area contributed by atoms with Gasteiger partial charge >= 0.3 is 6.09 Å². The number of cyclic esters (lactones) is 1. The number of amides is 1. The van der Waals surface area contributed by atoms with E-state index in [9.17, 15) is 9.59 Å². The molecule has 0 unspecified atom stereocenters. The molecule has 5 heteroatoms. The van der Waals surface area contributed by atoms with Gasteiger partial charge in [-0.1, -0.05) is 23.8 Å². The predicted octanol–water partition coefficient (Wildman–Crippen LogP) is 4.14. The van der Waals surface area contributed by atoms with Crippen molar-refractivity contribution in [3.05, 3.63) is 52.6 Å². The first-order valence-electron chi connectivity index (χ1n) is 9.00. The van der Waals surface area contributed by atoms with Crippen molar-refractivity contribution in [3.63, 3.8) is 0 Å². The molecule has 3 aromatic rings. The van der Waals surface area contributed by atoms with Gasteiger partial charge in [-0.2, -0.15) is 0 Å². The Labute approximate surface area is 156 Å². The molecule has 0 bridgehead atoms. The van der Waals surface area contributed by atoms with Gasteiger partial charge in [-0.25, -0.2) is 4.79 Å². The molecule has 2 aliphatic rings. The van der Waals surface area contributed by atoms with E-state index in [0.29, 0.717) is 12.1 Å². The third-order valence-corrected chi connectivity index (χ3v) is 5.75. The Morgan fingerprint density at radius 2 is 1.81 bits per heavy atom. The van der Waals surface area contributed by atoms with Gasteiger partial charge in [0, 0.05) is 5.56 Å². The molecule has 1 fully saturated rings. The van der Waals surface area contributed by atoms with Gasteiger partial charge in [0.2, 0.25) is 0 Å². The van der Waals surface area contributed by atoms with Crippen molar-refractivity contribution < 1.29 is 19.1 Å². The molecule has 0 N–H and O–H groups in total. The molecule has 2 heterocycles. The van der Waals surface area contributed by atoms with E-state index in [4.69, 9.17) is 9.47 Å². The molecule has 136 valence electrons. The summed E-state index contributed by atoms with van der Waals surface area (Å²) < 4.78 is 10.7. The summed E-state index contributed by atoms with van der Waals surface area (Å²) in [5.41, 5.74) is 3.76. The zero-order valence-electron chi connectivity index (χ0n) is 15.5. The molecular weight excluding hydrogens is 342 g/mol. The highest BCUT2D eigenvalue weighted by molar-refractivity contribution is 6.22. The minimum absolute atomic E-state index is 0.0551. The monoisotopic (exact) mass is 361 g/mol. The summed E-state index contributed by atoms with van der Waals surface area (Å²) in [6, 6.07) is 9.75. The molecule has 27 heavy (non-hydrogen) atoms. The van der Waals surface area contributed by atoms with Crippen LogP contribution in [0.3, 0.4) is 0 Å². The van der Waals surface area contributed by atoms with Crippen molar-refractivity contribution in [2.24, 2.45) is 0 Å². The summed E-state index contributed by atoms with van der Waals surface area (Å²) >= 11 is 0. The van der Waals surface area contributed by atoms with Gasteiger partial charge in [0.05, 0.1) is 13.7 Å². The number of aryl methyl sites for hydroxylation is 2. The molecular formula is C22H19NO4. The SMILES string of the molecule is COc1cc2c3c(c4ccc(C)cc4c2cc1C)CN1C(=O)OC[C@@H]1C3=O. The minimum atomic E-state index is -0.539. The Balaban J connectivity index is 1.95. The molecule has 0 aliphatic carbocycles. The van der Waals surface area contributed by atoms with Crippen LogP contribution in [0, 0.1) is 13.8 Å². The first-order valence-corrected chi connectivity index (χ1v) is 9.00. The summed E-state index contributed by atoms with van der Waals surface area (Å²) in [7, 11) is 1.64. The van der Waals surface area contributed by atoms with E-state index in [1.165, 1.54) is 0 Å². The average Bonchev–Trinajstić information content (AvgIpc) is 3.03. The van der Waals surface area contributed by atoms with E-state index in [2.05, 4.69) is 25.1 Å². The standard InChI is InChI=1S/C22H19NO4/c1-11-4-5-13-14(6-11)15-7-12(2)19(26-3)8-16(15)20-17(13)9-23-18(21(20)24)10-27-22(23)25/h4-8,18H,9-10H2,1-3H3/t18-/m1/s1. The number of Topliss-reactive ketones (excluding diaryl/α,β-unsaturated/α-hetero) is 1. The van der Waals surface area contributed by atoms with Gasteiger partial charge in [-0.05, 0) is 58.7 Å². The van der Waals surface area contributed by atoms with Crippen LogP contribution in [-0.2, 0) is 11.3 Å². The fraction of sp³-hybridized carbons (Fsp3) is 0.273. The first kappa shape index (κ1) is 16.1. The largest absolute Gasteiger partial charge is 0.496 e. The molecule has 0 spiro atoms. The summed E-state index contributed by atoms with van der Waals surface area (Å²) in [4.78, 5) is 27.0. The van der Waals surface area contributed by atoms with Gasteiger partial charge in [0.15, 0.2) is 5.78 Å². The quantitative estimate of drug-likeness (QED) is 0.612. The fourth-order valence-electron chi connectivity index (χ4n) is 4.40. The van der Waals surface area contributed by atoms with Crippen LogP contribution in [0.5, 0.6) is 5.75 Å². The highest BCUT2D eigenvalue weighted by atomic mass is 16.6. The number of fused-ring (bicyclic) bond motifs is 7. The van der Waals surface area contributed by atoms with Crippen LogP contribution in [0.1, 0.15) is 27.0 Å². The lowest BCUT2D eigenvalue weighted by Crippen LogP contribution is -2.43. The molecule has 1 saturated heterocycles. The van der Waals surface area contributed by atoms with E-state index in [1.807, 2.05) is 19.1 Å². The third-order valence-electron chi connectivity index (χ3n) is 5.75. The van der Waals surface area contributed by atoms with Gasteiger partial charge in [-0.15, -0.1) is 0 Å². The van der Waals surface area contributed by atoms with Crippen molar-refractivity contribution in [1.29, 1.82) is 0 Å². The summed E-state index contributed by atoms with van der Waals surface area (Å²) in [6.07, 6.45) is -0.416. The number of hydrogen-bond acceptors (Lipinski definition) is 4. The van der Waals surface area contributed by atoms with Crippen LogP contribution in [0.25, 0.3) is 21.5 Å². The number of hydrogen-bond donors (Lipinski definition) is 0. The second-order valence-electron chi connectivity index (χ2n) is 7.35. The molecule has 1 amide bonds. The van der Waals surface area contributed by atoms with Crippen LogP contribution in [0.2, 0.25) is 0 Å². The maximum absolute atomic E-state index is 13.3. The maximum atomic E-state index is 13.3. The lowest BCUT2D eigenvalue weighted by Gasteiger charge is -2.30. The zero-order valence-corrected chi connectivity index (χ0v) is 15.5. The molecule has 0 radical (unpaired) electrons. The summed E-state index contributed by atoms with van der Waals surface area (Å²) in [6.45, 7) is 4.57. The van der Waals surface area contributed by atoms with Crippen LogP contribution < -0.4 is 4.74 Å². The van der Waals surface area contributed by atoms with Crippen molar-refractivity contribution in [1.82, 2.24) is 4.90 Å². The van der Waals surface area contributed by atoms with Crippen molar-refractivity contribution >= 4 is 33.4 Å². The predicted molar refractivity (Wildman–Crippen MR) is 102 cm³/mol. The maximum Gasteiger partial charge on any atom is 0.410 e. The number of methoxy groups -OCH3 is 1. The number of ether oxygens (including phenoxy) is 2. The average molecular weight is 361 g/mol.